The molecule has 1 amide bonds. The van der Waals surface area contributed by atoms with Gasteiger partial charge in [0.25, 0.3) is 5.91 Å². The highest BCUT2D eigenvalue weighted by atomic mass is 16.5. The van der Waals surface area contributed by atoms with Crippen LogP contribution >= 0.6 is 0 Å². The van der Waals surface area contributed by atoms with Crippen LogP contribution < -0.4 is 5.32 Å². The maximum absolute atomic E-state index is 12.3. The normalized spacial score (nSPS) is 10.7. The minimum Gasteiger partial charge on any atom is -0.467 e. The van der Waals surface area contributed by atoms with Crippen LogP contribution in [0.4, 0.5) is 0 Å². The number of aromatic nitrogens is 1. The number of carbonyl (C=O) groups excluding carboxylic acids is 2. The molecule has 3 heterocycles. The van der Waals surface area contributed by atoms with E-state index in [4.69, 9.17) is 13.6 Å². The molecule has 0 fully saturated rings. The van der Waals surface area contributed by atoms with Crippen molar-refractivity contribution in [1.82, 2.24) is 9.88 Å². The maximum atomic E-state index is 12.3. The van der Waals surface area contributed by atoms with Crippen LogP contribution in [0.25, 0.3) is 0 Å². The summed E-state index contributed by atoms with van der Waals surface area (Å²) in [5, 5.41) is 2.63. The number of esters is 1. The summed E-state index contributed by atoms with van der Waals surface area (Å²) in [5.41, 5.74) is 2.11. The molecule has 0 saturated carbocycles. The van der Waals surface area contributed by atoms with E-state index in [9.17, 15) is 9.59 Å². The third-order valence-corrected chi connectivity index (χ3v) is 4.06. The van der Waals surface area contributed by atoms with Gasteiger partial charge in [0.2, 0.25) is 0 Å². The Morgan fingerprint density at radius 2 is 1.81 bits per heavy atom. The van der Waals surface area contributed by atoms with E-state index in [-0.39, 0.29) is 19.1 Å². The molecule has 0 aromatic carbocycles. The summed E-state index contributed by atoms with van der Waals surface area (Å²) in [6.45, 7) is 4.18. The summed E-state index contributed by atoms with van der Waals surface area (Å²) in [4.78, 5) is 24.1. The van der Waals surface area contributed by atoms with Crippen LogP contribution in [0.2, 0.25) is 0 Å². The molecule has 0 atom stereocenters. The molecule has 7 nitrogen and oxygen atoms in total. The van der Waals surface area contributed by atoms with Gasteiger partial charge in [-0.05, 0) is 44.2 Å². The quantitative estimate of drug-likeness (QED) is 0.658. The molecule has 0 bridgehead atoms. The Morgan fingerprint density at radius 1 is 1.12 bits per heavy atom. The fraction of sp³-hybridized carbons (Fsp3) is 0.263. The summed E-state index contributed by atoms with van der Waals surface area (Å²) in [7, 11) is 0. The second-order valence-electron chi connectivity index (χ2n) is 5.88. The number of rotatable bonds is 7. The van der Waals surface area contributed by atoms with Crippen molar-refractivity contribution >= 4 is 11.9 Å². The SMILES string of the molecule is Cc1cc(C(=O)OCC(=O)NCc2ccco2)c(C)n1Cc1ccco1. The van der Waals surface area contributed by atoms with E-state index in [0.29, 0.717) is 17.9 Å². The number of ether oxygens (including phenoxy) is 1. The summed E-state index contributed by atoms with van der Waals surface area (Å²) in [6.07, 6.45) is 3.14. The van der Waals surface area contributed by atoms with Gasteiger partial charge in [-0.25, -0.2) is 4.79 Å². The first-order chi connectivity index (χ1) is 12.5. The Bertz CT molecular complexity index is 876. The molecule has 0 aliphatic rings. The van der Waals surface area contributed by atoms with Crippen LogP contribution in [0.3, 0.4) is 0 Å². The third kappa shape index (κ3) is 4.05. The van der Waals surface area contributed by atoms with Crippen LogP contribution in [-0.2, 0) is 22.6 Å². The van der Waals surface area contributed by atoms with Crippen molar-refractivity contribution in [2.45, 2.75) is 26.9 Å². The van der Waals surface area contributed by atoms with E-state index < -0.39 is 5.97 Å². The van der Waals surface area contributed by atoms with E-state index in [1.807, 2.05) is 30.5 Å². The topological polar surface area (TPSA) is 86.6 Å². The van der Waals surface area contributed by atoms with E-state index >= 15 is 0 Å². The van der Waals surface area contributed by atoms with Crippen LogP contribution in [0, 0.1) is 13.8 Å². The molecule has 136 valence electrons. The number of nitrogens with one attached hydrogen (secondary N) is 1. The average molecular weight is 356 g/mol. The minimum absolute atomic E-state index is 0.251. The number of hydrogen-bond donors (Lipinski definition) is 1. The van der Waals surface area contributed by atoms with Crippen molar-refractivity contribution in [3.05, 3.63) is 71.3 Å². The molecular formula is C19H20N2O5. The lowest BCUT2D eigenvalue weighted by atomic mass is 10.2. The van der Waals surface area contributed by atoms with Crippen molar-refractivity contribution in [2.75, 3.05) is 6.61 Å². The molecule has 0 saturated heterocycles. The van der Waals surface area contributed by atoms with Crippen molar-refractivity contribution in [3.63, 3.8) is 0 Å². The van der Waals surface area contributed by atoms with Crippen molar-refractivity contribution < 1.29 is 23.2 Å². The van der Waals surface area contributed by atoms with Crippen molar-refractivity contribution in [3.8, 4) is 0 Å². The van der Waals surface area contributed by atoms with Gasteiger partial charge < -0.3 is 23.5 Å². The van der Waals surface area contributed by atoms with Gasteiger partial charge in [-0.1, -0.05) is 0 Å². The standard InChI is InChI=1S/C19H20N2O5/c1-13-9-17(14(2)21(13)11-16-6-4-8-25-16)19(23)26-12-18(22)20-10-15-5-3-7-24-15/h3-9H,10-12H2,1-2H3,(H,20,22). The van der Waals surface area contributed by atoms with Crippen LogP contribution in [0.5, 0.6) is 0 Å². The van der Waals surface area contributed by atoms with Gasteiger partial charge in [-0.15, -0.1) is 0 Å². The highest BCUT2D eigenvalue weighted by Gasteiger charge is 2.18. The Balaban J connectivity index is 1.56. The van der Waals surface area contributed by atoms with Gasteiger partial charge in [0, 0.05) is 11.4 Å². The third-order valence-electron chi connectivity index (χ3n) is 4.06. The summed E-state index contributed by atoms with van der Waals surface area (Å²) in [6, 6.07) is 8.93. The Hall–Kier alpha value is -3.22. The molecule has 3 aromatic heterocycles. The molecule has 3 rings (SSSR count). The highest BCUT2D eigenvalue weighted by molar-refractivity contribution is 5.92. The highest BCUT2D eigenvalue weighted by Crippen LogP contribution is 2.18. The lowest BCUT2D eigenvalue weighted by Crippen LogP contribution is -2.28. The van der Waals surface area contributed by atoms with Crippen molar-refractivity contribution in [2.24, 2.45) is 0 Å². The van der Waals surface area contributed by atoms with E-state index in [1.165, 1.54) is 6.26 Å². The molecule has 26 heavy (non-hydrogen) atoms. The van der Waals surface area contributed by atoms with E-state index in [0.717, 1.165) is 17.1 Å². The monoisotopic (exact) mass is 356 g/mol. The van der Waals surface area contributed by atoms with Gasteiger partial charge in [0.05, 0.1) is 31.2 Å². The van der Waals surface area contributed by atoms with Crippen LogP contribution in [0.1, 0.15) is 33.3 Å². The van der Waals surface area contributed by atoms with Gasteiger partial charge in [-0.3, -0.25) is 4.79 Å². The summed E-state index contributed by atoms with van der Waals surface area (Å²) >= 11 is 0. The first-order valence-electron chi connectivity index (χ1n) is 8.20. The summed E-state index contributed by atoms with van der Waals surface area (Å²) < 4.78 is 17.6. The number of amides is 1. The molecule has 0 spiro atoms. The number of nitrogens with zero attached hydrogens (tertiary/aromatic N) is 1. The predicted octanol–water partition coefficient (Wildman–Crippen LogP) is 2.81. The molecule has 0 aliphatic heterocycles. The fourth-order valence-electron chi connectivity index (χ4n) is 2.67. The zero-order chi connectivity index (χ0) is 18.5. The van der Waals surface area contributed by atoms with Gasteiger partial charge in [-0.2, -0.15) is 0 Å². The molecule has 1 N–H and O–H groups in total. The second kappa shape index (κ2) is 7.77. The smallest absolute Gasteiger partial charge is 0.340 e. The minimum atomic E-state index is -0.531. The Labute approximate surface area is 150 Å². The number of aryl methyl sites for hydroxylation is 1. The van der Waals surface area contributed by atoms with Crippen molar-refractivity contribution in [1.29, 1.82) is 0 Å². The van der Waals surface area contributed by atoms with Gasteiger partial charge in [0.15, 0.2) is 6.61 Å². The largest absolute Gasteiger partial charge is 0.467 e. The molecule has 3 aromatic rings. The lowest BCUT2D eigenvalue weighted by Gasteiger charge is -2.08. The Kier molecular flexibility index (Phi) is 5.26. The molecular weight excluding hydrogens is 336 g/mol. The van der Waals surface area contributed by atoms with Crippen LogP contribution in [0.15, 0.2) is 51.7 Å². The first kappa shape index (κ1) is 17.6. The van der Waals surface area contributed by atoms with E-state index in [1.54, 1.807) is 24.5 Å². The van der Waals surface area contributed by atoms with Gasteiger partial charge >= 0.3 is 5.97 Å². The van der Waals surface area contributed by atoms with Gasteiger partial charge in [0.1, 0.15) is 11.5 Å². The molecule has 7 heteroatoms. The predicted molar refractivity (Wildman–Crippen MR) is 92.6 cm³/mol. The Morgan fingerprint density at radius 3 is 2.46 bits per heavy atom. The average Bonchev–Trinajstić information content (AvgIpc) is 3.37. The zero-order valence-corrected chi connectivity index (χ0v) is 14.7. The molecule has 0 radical (unpaired) electrons. The molecule has 0 aliphatic carbocycles. The lowest BCUT2D eigenvalue weighted by molar-refractivity contribution is -0.124. The summed E-state index contributed by atoms with van der Waals surface area (Å²) in [5.74, 6) is 0.506. The van der Waals surface area contributed by atoms with Crippen LogP contribution in [-0.4, -0.2) is 23.1 Å². The number of hydrogen-bond acceptors (Lipinski definition) is 5. The molecule has 0 unspecified atom stereocenters. The fourth-order valence-corrected chi connectivity index (χ4v) is 2.67. The maximum Gasteiger partial charge on any atom is 0.340 e. The second-order valence-corrected chi connectivity index (χ2v) is 5.88. The number of furan rings is 2. The number of carbonyl (C=O) groups is 2. The van der Waals surface area contributed by atoms with E-state index in [2.05, 4.69) is 5.32 Å². The zero-order valence-electron chi connectivity index (χ0n) is 14.7. The first-order valence-corrected chi connectivity index (χ1v) is 8.20.